The summed E-state index contributed by atoms with van der Waals surface area (Å²) in [7, 11) is 1.78. The summed E-state index contributed by atoms with van der Waals surface area (Å²) in [5.41, 5.74) is 3.03. The third kappa shape index (κ3) is 2.77. The molecule has 138 valence electrons. The van der Waals surface area contributed by atoms with E-state index in [9.17, 15) is 13.2 Å². The third-order valence-corrected chi connectivity index (χ3v) is 4.66. The first-order valence-electron chi connectivity index (χ1n) is 8.30. The van der Waals surface area contributed by atoms with Gasteiger partial charge >= 0.3 is 0 Å². The van der Waals surface area contributed by atoms with Crippen molar-refractivity contribution in [3.63, 3.8) is 0 Å². The first-order chi connectivity index (χ1) is 12.9. The Kier molecular flexibility index (Phi) is 3.98. The minimum atomic E-state index is -2.68. The quantitative estimate of drug-likeness (QED) is 0.532. The summed E-state index contributed by atoms with van der Waals surface area (Å²) < 4.78 is 44.0. The average molecular weight is 371 g/mol. The van der Waals surface area contributed by atoms with Crippen molar-refractivity contribution in [3.8, 4) is 16.9 Å². The number of hydrogen-bond donors (Lipinski definition) is 0. The summed E-state index contributed by atoms with van der Waals surface area (Å²) in [5, 5.41) is 8.85. The van der Waals surface area contributed by atoms with Crippen LogP contribution in [-0.2, 0) is 7.05 Å². The van der Waals surface area contributed by atoms with Crippen LogP contribution in [0.1, 0.15) is 23.4 Å². The molecule has 0 bridgehead atoms. The lowest BCUT2D eigenvalue weighted by atomic mass is 10.1. The van der Waals surface area contributed by atoms with Gasteiger partial charge in [0.25, 0.3) is 6.43 Å². The summed E-state index contributed by atoms with van der Waals surface area (Å²) in [6.45, 7) is 3.50. The second-order valence-electron chi connectivity index (χ2n) is 6.34. The van der Waals surface area contributed by atoms with E-state index in [0.717, 1.165) is 5.69 Å². The van der Waals surface area contributed by atoms with Gasteiger partial charge in [0.1, 0.15) is 5.82 Å². The SMILES string of the molecule is Cc1nn(-c2ccc(F)cc2)c2nc(-c3cnn(C)c3C)cc(C(F)F)c12. The van der Waals surface area contributed by atoms with E-state index in [2.05, 4.69) is 15.2 Å². The van der Waals surface area contributed by atoms with Crippen LogP contribution in [0.3, 0.4) is 0 Å². The molecular formula is C19H16F3N5. The number of nitrogens with zero attached hydrogens (tertiary/aromatic N) is 5. The number of hydrogen-bond acceptors (Lipinski definition) is 3. The van der Waals surface area contributed by atoms with E-state index in [-0.39, 0.29) is 11.4 Å². The lowest BCUT2D eigenvalue weighted by molar-refractivity contribution is 0.153. The summed E-state index contributed by atoms with van der Waals surface area (Å²) in [6, 6.07) is 7.04. The monoisotopic (exact) mass is 371 g/mol. The number of alkyl halides is 2. The van der Waals surface area contributed by atoms with E-state index >= 15 is 0 Å². The second kappa shape index (κ2) is 6.22. The molecule has 0 saturated heterocycles. The lowest BCUT2D eigenvalue weighted by Gasteiger charge is -2.08. The molecule has 5 nitrogen and oxygen atoms in total. The summed E-state index contributed by atoms with van der Waals surface area (Å²) in [5.74, 6) is -0.389. The van der Waals surface area contributed by atoms with Crippen LogP contribution >= 0.6 is 0 Å². The van der Waals surface area contributed by atoms with Crippen molar-refractivity contribution in [3.05, 3.63) is 59.3 Å². The summed E-state index contributed by atoms with van der Waals surface area (Å²) in [6.07, 6.45) is -1.08. The highest BCUT2D eigenvalue weighted by molar-refractivity contribution is 5.86. The Morgan fingerprint density at radius 2 is 1.78 bits per heavy atom. The summed E-state index contributed by atoms with van der Waals surface area (Å²) >= 11 is 0. The Bertz CT molecular complexity index is 1140. The van der Waals surface area contributed by atoms with Crippen molar-refractivity contribution in [2.24, 2.45) is 7.05 Å². The molecule has 0 fully saturated rings. The predicted octanol–water partition coefficient (Wildman–Crippen LogP) is 4.51. The molecule has 0 N–H and O–H groups in total. The maximum Gasteiger partial charge on any atom is 0.264 e. The van der Waals surface area contributed by atoms with Gasteiger partial charge in [-0.05, 0) is 44.2 Å². The molecule has 4 rings (SSSR count). The topological polar surface area (TPSA) is 48.5 Å². The molecule has 8 heteroatoms. The molecular weight excluding hydrogens is 355 g/mol. The number of halogens is 3. The molecule has 0 aliphatic rings. The predicted molar refractivity (Wildman–Crippen MR) is 95.5 cm³/mol. The van der Waals surface area contributed by atoms with Crippen molar-refractivity contribution in [1.82, 2.24) is 24.5 Å². The zero-order valence-corrected chi connectivity index (χ0v) is 14.9. The van der Waals surface area contributed by atoms with E-state index in [1.165, 1.54) is 35.0 Å². The molecule has 3 heterocycles. The number of rotatable bonds is 3. The number of aromatic nitrogens is 5. The molecule has 27 heavy (non-hydrogen) atoms. The molecule has 1 aromatic carbocycles. The number of fused-ring (bicyclic) bond motifs is 1. The normalized spacial score (nSPS) is 11.7. The second-order valence-corrected chi connectivity index (χ2v) is 6.34. The van der Waals surface area contributed by atoms with Crippen LogP contribution in [-0.4, -0.2) is 24.5 Å². The van der Waals surface area contributed by atoms with Crippen LogP contribution in [0, 0.1) is 19.7 Å². The van der Waals surface area contributed by atoms with Crippen molar-refractivity contribution < 1.29 is 13.2 Å². The molecule has 0 unspecified atom stereocenters. The van der Waals surface area contributed by atoms with Crippen LogP contribution in [0.15, 0.2) is 36.5 Å². The fourth-order valence-corrected chi connectivity index (χ4v) is 3.14. The van der Waals surface area contributed by atoms with Crippen molar-refractivity contribution in [2.75, 3.05) is 0 Å². The first kappa shape index (κ1) is 17.3. The zero-order chi connectivity index (χ0) is 19.3. The summed E-state index contributed by atoms with van der Waals surface area (Å²) in [4.78, 5) is 4.60. The number of pyridine rings is 1. The van der Waals surface area contributed by atoms with Gasteiger partial charge in [0.2, 0.25) is 0 Å². The van der Waals surface area contributed by atoms with Gasteiger partial charge in [-0.2, -0.15) is 10.2 Å². The molecule has 0 aliphatic carbocycles. The highest BCUT2D eigenvalue weighted by Gasteiger charge is 2.22. The molecule has 3 aromatic heterocycles. The highest BCUT2D eigenvalue weighted by atomic mass is 19.3. The Morgan fingerprint density at radius 3 is 2.37 bits per heavy atom. The molecule has 0 radical (unpaired) electrons. The van der Waals surface area contributed by atoms with Gasteiger partial charge in [0.05, 0.1) is 28.7 Å². The van der Waals surface area contributed by atoms with Gasteiger partial charge in [0, 0.05) is 23.9 Å². The maximum absolute atomic E-state index is 13.8. The van der Waals surface area contributed by atoms with E-state index < -0.39 is 6.43 Å². The van der Waals surface area contributed by atoms with Crippen LogP contribution in [0.2, 0.25) is 0 Å². The van der Waals surface area contributed by atoms with E-state index in [4.69, 9.17) is 0 Å². The van der Waals surface area contributed by atoms with Crippen LogP contribution in [0.4, 0.5) is 13.2 Å². The Hall–Kier alpha value is -3.16. The van der Waals surface area contributed by atoms with E-state index in [1.54, 1.807) is 24.9 Å². The molecule has 4 aromatic rings. The number of benzene rings is 1. The smallest absolute Gasteiger partial charge is 0.264 e. The van der Waals surface area contributed by atoms with Crippen LogP contribution < -0.4 is 0 Å². The average Bonchev–Trinajstić information content (AvgIpc) is 3.15. The fraction of sp³-hybridized carbons (Fsp3) is 0.211. The van der Waals surface area contributed by atoms with Crippen LogP contribution in [0.25, 0.3) is 28.0 Å². The Morgan fingerprint density at radius 1 is 1.07 bits per heavy atom. The molecule has 0 spiro atoms. The van der Waals surface area contributed by atoms with Gasteiger partial charge in [-0.3, -0.25) is 4.68 Å². The largest absolute Gasteiger partial charge is 0.272 e. The van der Waals surface area contributed by atoms with Crippen molar-refractivity contribution >= 4 is 11.0 Å². The molecule has 0 saturated carbocycles. The molecule has 0 amide bonds. The van der Waals surface area contributed by atoms with Crippen LogP contribution in [0.5, 0.6) is 0 Å². The highest BCUT2D eigenvalue weighted by Crippen LogP contribution is 2.34. The fourth-order valence-electron chi connectivity index (χ4n) is 3.14. The van der Waals surface area contributed by atoms with E-state index in [0.29, 0.717) is 33.7 Å². The molecule has 0 atom stereocenters. The first-order valence-corrected chi connectivity index (χ1v) is 8.30. The van der Waals surface area contributed by atoms with Gasteiger partial charge in [-0.1, -0.05) is 0 Å². The van der Waals surface area contributed by atoms with Gasteiger partial charge in [-0.25, -0.2) is 22.8 Å². The van der Waals surface area contributed by atoms with Gasteiger partial charge in [-0.15, -0.1) is 0 Å². The number of aryl methyl sites for hydroxylation is 2. The van der Waals surface area contributed by atoms with Crippen molar-refractivity contribution in [2.45, 2.75) is 20.3 Å². The Labute approximate surface area is 153 Å². The maximum atomic E-state index is 13.8. The lowest BCUT2D eigenvalue weighted by Crippen LogP contribution is -2.00. The minimum Gasteiger partial charge on any atom is -0.272 e. The standard InChI is InChI=1S/C19H16F3N5/c1-10-17-14(18(21)22)8-16(15-9-23-26(3)11(15)2)24-19(17)27(25-10)13-6-4-12(20)5-7-13/h4-9,18H,1-3H3. The Balaban J connectivity index is 2.04. The van der Waals surface area contributed by atoms with Gasteiger partial charge in [0.15, 0.2) is 5.65 Å². The van der Waals surface area contributed by atoms with Crippen molar-refractivity contribution in [1.29, 1.82) is 0 Å². The molecule has 0 aliphatic heterocycles. The minimum absolute atomic E-state index is 0.135. The third-order valence-electron chi connectivity index (χ3n) is 4.66. The van der Waals surface area contributed by atoms with Gasteiger partial charge < -0.3 is 0 Å². The van der Waals surface area contributed by atoms with E-state index in [1.807, 2.05) is 6.92 Å². The zero-order valence-electron chi connectivity index (χ0n) is 14.9.